The van der Waals surface area contributed by atoms with Crippen LogP contribution in [-0.4, -0.2) is 15.8 Å². The molecule has 0 rings (SSSR count). The molecule has 0 aliphatic rings. The summed E-state index contributed by atoms with van der Waals surface area (Å²) in [5, 5.41) is 0. The first-order valence-corrected chi connectivity index (χ1v) is 12.9. The summed E-state index contributed by atoms with van der Waals surface area (Å²) in [6, 6.07) is 0. The summed E-state index contributed by atoms with van der Waals surface area (Å²) in [5.74, 6) is 2.58. The molecule has 0 spiro atoms. The molecule has 0 saturated heterocycles. The molecule has 0 aliphatic carbocycles. The fourth-order valence-corrected chi connectivity index (χ4v) is 5.63. The smallest absolute Gasteiger partial charge is 0.111 e. The molecule has 25 heavy (non-hydrogen) atoms. The maximum Gasteiger partial charge on any atom is 0.111 e. The largest absolute Gasteiger partial charge is 0.386 e. The van der Waals surface area contributed by atoms with Gasteiger partial charge in [0.2, 0.25) is 0 Å². The zero-order chi connectivity index (χ0) is 17.9. The van der Waals surface area contributed by atoms with Crippen LogP contribution in [0.4, 0.5) is 0 Å². The number of hydrogen-bond donors (Lipinski definition) is 2. The molecule has 1 nitrogen and oxygen atoms in total. The average molecular weight is 439 g/mol. The van der Waals surface area contributed by atoms with Gasteiger partial charge >= 0.3 is 0 Å². The molecule has 4 heteroatoms. The Hall–Kier alpha value is 0.759. The van der Waals surface area contributed by atoms with E-state index in [0.29, 0.717) is 0 Å². The molecular formula is C21H45CuNS2. The van der Waals surface area contributed by atoms with Crippen LogP contribution in [0.1, 0.15) is 117 Å². The van der Waals surface area contributed by atoms with Crippen molar-refractivity contribution >= 4 is 27.4 Å². The number of unbranched alkanes of at least 4 members (excludes halogenated alkanes) is 14. The second kappa shape index (κ2) is 22.8. The number of thiocarbonyl (C=S) groups is 1. The third-order valence-electron chi connectivity index (χ3n) is 4.87. The van der Waals surface area contributed by atoms with Gasteiger partial charge in [0.1, 0.15) is 4.32 Å². The van der Waals surface area contributed by atoms with E-state index < -0.39 is 0 Å². The molecule has 0 amide bonds. The Labute approximate surface area is 177 Å². The van der Waals surface area contributed by atoms with E-state index >= 15 is 0 Å². The van der Waals surface area contributed by atoms with Crippen LogP contribution in [0, 0.1) is 0 Å². The molecule has 2 N–H and O–H groups in total. The Morgan fingerprint density at radius 1 is 0.600 bits per heavy atom. The van der Waals surface area contributed by atoms with Crippen LogP contribution in [0.5, 0.6) is 0 Å². The van der Waals surface area contributed by atoms with E-state index in [4.69, 9.17) is 18.0 Å². The van der Waals surface area contributed by atoms with Gasteiger partial charge in [0.15, 0.2) is 0 Å². The van der Waals surface area contributed by atoms with Crippen LogP contribution in [0.25, 0.3) is 0 Å². The van der Waals surface area contributed by atoms with Crippen LogP contribution in [0.3, 0.4) is 0 Å². The van der Waals surface area contributed by atoms with E-state index in [1.165, 1.54) is 114 Å². The molecular weight excluding hydrogens is 394 g/mol. The molecule has 0 aromatic carbocycles. The normalized spacial score (nSPS) is 11.2. The van der Waals surface area contributed by atoms with E-state index in [-0.39, 0.29) is 28.0 Å². The van der Waals surface area contributed by atoms with Crippen LogP contribution in [-0.2, 0) is 17.1 Å². The van der Waals surface area contributed by atoms with Crippen LogP contribution in [0.15, 0.2) is 0 Å². The molecule has 0 unspecified atom stereocenters. The van der Waals surface area contributed by atoms with E-state index in [9.17, 15) is 0 Å². The van der Waals surface area contributed by atoms with Crippen molar-refractivity contribution in [3.8, 4) is 0 Å². The topological polar surface area (TPSA) is 26.0 Å². The van der Waals surface area contributed by atoms with Gasteiger partial charge in [-0.1, -0.05) is 116 Å². The van der Waals surface area contributed by atoms with Gasteiger partial charge in [-0.2, -0.15) is 0 Å². The molecule has 157 valence electrons. The van der Waals surface area contributed by atoms with Crippen molar-refractivity contribution in [3.05, 3.63) is 0 Å². The molecule has 0 fully saturated rings. The van der Waals surface area contributed by atoms with Gasteiger partial charge < -0.3 is 5.73 Å². The summed E-state index contributed by atoms with van der Waals surface area (Å²) in [7, 11) is -0.171. The second-order valence-electron chi connectivity index (χ2n) is 7.28. The van der Waals surface area contributed by atoms with E-state index in [2.05, 4.69) is 13.8 Å². The van der Waals surface area contributed by atoms with Crippen LogP contribution in [0.2, 0.25) is 0 Å². The maximum atomic E-state index is 5.99. The van der Waals surface area contributed by atoms with Crippen LogP contribution >= 0.6 is 23.1 Å². The van der Waals surface area contributed by atoms with E-state index in [1.54, 1.807) is 0 Å². The van der Waals surface area contributed by atoms with Crippen molar-refractivity contribution in [3.63, 3.8) is 0 Å². The number of hydrogen-bond acceptors (Lipinski definition) is 1. The summed E-state index contributed by atoms with van der Waals surface area (Å²) < 4.78 is 0.830. The maximum absolute atomic E-state index is 5.99. The predicted octanol–water partition coefficient (Wildman–Crippen LogP) is 7.51. The number of thiol groups is 1. The van der Waals surface area contributed by atoms with E-state index in [1.807, 2.05) is 0 Å². The minimum Gasteiger partial charge on any atom is -0.386 e. The first-order chi connectivity index (χ1) is 11.7. The van der Waals surface area contributed by atoms with Crippen molar-refractivity contribution in [2.75, 3.05) is 11.5 Å². The van der Waals surface area contributed by atoms with Crippen molar-refractivity contribution in [1.82, 2.24) is 0 Å². The Kier molecular flexibility index (Phi) is 25.5. The quantitative estimate of drug-likeness (QED) is 0.100. The number of nitrogens with two attached hydrogens (primary N) is 1. The summed E-state index contributed by atoms with van der Waals surface area (Å²) in [4.78, 5) is 0. The van der Waals surface area contributed by atoms with Gasteiger partial charge in [-0.25, -0.2) is 10.9 Å². The van der Waals surface area contributed by atoms with Crippen molar-refractivity contribution in [1.29, 1.82) is 0 Å². The fourth-order valence-electron chi connectivity index (χ4n) is 3.21. The van der Waals surface area contributed by atoms with Gasteiger partial charge in [-0.15, -0.1) is 0 Å². The van der Waals surface area contributed by atoms with Gasteiger partial charge in [0, 0.05) is 17.1 Å². The fraction of sp³-hybridized carbons (Fsp3) is 0.952. The first kappa shape index (κ1) is 28.0. The Morgan fingerprint density at radius 2 is 0.880 bits per heavy atom. The minimum atomic E-state index is -0.171. The first-order valence-electron chi connectivity index (χ1n) is 10.8. The third kappa shape index (κ3) is 20.9. The standard InChI is InChI=1S/C21H45NS2.Cu/c1-3-5-7-9-11-13-15-17-19-24(21(22)23)20-18-16-14-12-10-8-6-4-2;/h24H,3-20H2,1-2H3,(H2,22,23);. The third-order valence-corrected chi connectivity index (χ3v) is 7.98. The van der Waals surface area contributed by atoms with Gasteiger partial charge in [-0.05, 0) is 24.3 Å². The van der Waals surface area contributed by atoms with Crippen molar-refractivity contribution in [2.45, 2.75) is 117 Å². The predicted molar refractivity (Wildman–Crippen MR) is 121 cm³/mol. The summed E-state index contributed by atoms with van der Waals surface area (Å²) >= 11 is 5.32. The zero-order valence-electron chi connectivity index (χ0n) is 17.0. The SMILES string of the molecule is CCCCCCCCCC[SH](CCCCCCCCCC)C(N)=S.[Cu]. The average Bonchev–Trinajstić information content (AvgIpc) is 2.57. The van der Waals surface area contributed by atoms with Crippen LogP contribution < -0.4 is 5.73 Å². The van der Waals surface area contributed by atoms with Gasteiger partial charge in [0.05, 0.1) is 0 Å². The zero-order valence-corrected chi connectivity index (χ0v) is 19.6. The second-order valence-corrected chi connectivity index (χ2v) is 10.5. The summed E-state index contributed by atoms with van der Waals surface area (Å²) in [5.41, 5.74) is 5.99. The monoisotopic (exact) mass is 438 g/mol. The Morgan fingerprint density at radius 3 is 1.16 bits per heavy atom. The summed E-state index contributed by atoms with van der Waals surface area (Å²) in [6.07, 6.45) is 22.3. The van der Waals surface area contributed by atoms with Crippen molar-refractivity contribution in [2.24, 2.45) is 5.73 Å². The minimum absolute atomic E-state index is 0. The van der Waals surface area contributed by atoms with Crippen molar-refractivity contribution < 1.29 is 17.1 Å². The molecule has 0 bridgehead atoms. The molecule has 0 aliphatic heterocycles. The molecule has 0 heterocycles. The molecule has 0 atom stereocenters. The molecule has 0 saturated carbocycles. The molecule has 1 radical (unpaired) electrons. The Bertz CT molecular complexity index is 255. The van der Waals surface area contributed by atoms with E-state index in [0.717, 1.165) is 4.32 Å². The van der Waals surface area contributed by atoms with Gasteiger partial charge in [-0.3, -0.25) is 0 Å². The number of rotatable bonds is 18. The molecule has 0 aromatic rings. The summed E-state index contributed by atoms with van der Waals surface area (Å²) in [6.45, 7) is 4.56. The Balaban J connectivity index is 0. The molecule has 0 aromatic heterocycles. The van der Waals surface area contributed by atoms with Gasteiger partial charge in [0.25, 0.3) is 0 Å².